The molecule has 6 heteroatoms. The molecule has 46 heavy (non-hydrogen) atoms. The lowest BCUT2D eigenvalue weighted by Gasteiger charge is -2.40. The molecule has 2 aliphatic heterocycles. The van der Waals surface area contributed by atoms with E-state index in [1.54, 1.807) is 0 Å². The van der Waals surface area contributed by atoms with Crippen LogP contribution in [-0.4, -0.2) is 10.9 Å². The molecule has 9 rings (SSSR count). The quantitative estimate of drug-likeness (QED) is 0.172. The minimum absolute atomic E-state index is 0.0111. The van der Waals surface area contributed by atoms with Crippen molar-refractivity contribution in [1.29, 1.82) is 0 Å². The second-order valence-corrected chi connectivity index (χ2v) is 12.6. The van der Waals surface area contributed by atoms with Gasteiger partial charge >= 0.3 is 0 Å². The Balaban J connectivity index is 1.28. The number of benzene rings is 6. The average molecular weight is 599 g/mol. The molecule has 6 aromatic carbocycles. The SMILES string of the molecule is CC1(c2ccccc2)N=c2/c(=C3\C(=O)C(c4ccc5cccc6c5c4NC(C)(c4ccccc4)N6)=C3O)ccc3cccc(c23)N1. The lowest BCUT2D eigenvalue weighted by atomic mass is 9.79. The molecule has 3 aliphatic rings. The van der Waals surface area contributed by atoms with Crippen LogP contribution in [0.1, 0.15) is 30.5 Å². The molecular weight excluding hydrogens is 568 g/mol. The minimum Gasteiger partial charge on any atom is -0.506 e. The Hall–Kier alpha value is -5.88. The number of Topliss-reactive ketones (excluding diaryl/α,β-unsaturated/α-hetero) is 1. The van der Waals surface area contributed by atoms with Crippen LogP contribution in [0.4, 0.5) is 17.1 Å². The third kappa shape index (κ3) is 3.64. The fourth-order valence-electron chi connectivity index (χ4n) is 7.39. The van der Waals surface area contributed by atoms with E-state index in [2.05, 4.69) is 47.1 Å². The molecule has 0 aromatic heterocycles. The van der Waals surface area contributed by atoms with Gasteiger partial charge < -0.3 is 21.1 Å². The van der Waals surface area contributed by atoms with Crippen LogP contribution in [0.2, 0.25) is 0 Å². The standard InChI is InChI=1S/C40H30N4O2/c1-39(25-13-5-3-6-14-25)41-29-17-9-11-23-19-21-27(35(43-39)31(23)29)33-37(45)34(38(33)46)28-22-20-24-12-10-18-30-32(24)36(28)44-40(2,42-30)26-15-7-4-8-16-26/h3-22,41-43,45H,1-2H3/b34-28-. The zero-order valence-electron chi connectivity index (χ0n) is 25.3. The molecule has 0 saturated heterocycles. The summed E-state index contributed by atoms with van der Waals surface area (Å²) in [5.41, 5.74) is 4.68. The highest BCUT2D eigenvalue weighted by Gasteiger charge is 2.40. The van der Waals surface area contributed by atoms with Crippen molar-refractivity contribution in [3.8, 4) is 0 Å². The molecule has 0 bridgehead atoms. The Morgan fingerprint density at radius 3 is 1.93 bits per heavy atom. The van der Waals surface area contributed by atoms with Crippen LogP contribution in [0.3, 0.4) is 0 Å². The van der Waals surface area contributed by atoms with Crippen LogP contribution >= 0.6 is 0 Å². The first kappa shape index (κ1) is 26.5. The molecule has 0 radical (unpaired) electrons. The summed E-state index contributed by atoms with van der Waals surface area (Å²) in [4.78, 5) is 19.5. The summed E-state index contributed by atoms with van der Waals surface area (Å²) in [6.45, 7) is 4.13. The lowest BCUT2D eigenvalue weighted by molar-refractivity contribution is -0.109. The lowest BCUT2D eigenvalue weighted by Crippen LogP contribution is -2.44. The molecule has 2 heterocycles. The van der Waals surface area contributed by atoms with Gasteiger partial charge in [0.1, 0.15) is 11.4 Å². The van der Waals surface area contributed by atoms with E-state index in [0.29, 0.717) is 27.3 Å². The second-order valence-electron chi connectivity index (χ2n) is 12.6. The maximum absolute atomic E-state index is 14.3. The zero-order valence-corrected chi connectivity index (χ0v) is 25.3. The Kier molecular flexibility index (Phi) is 5.37. The van der Waals surface area contributed by atoms with Crippen LogP contribution < -0.4 is 26.5 Å². The maximum Gasteiger partial charge on any atom is 0.201 e. The number of nitrogens with one attached hydrogen (secondary N) is 3. The van der Waals surface area contributed by atoms with Gasteiger partial charge in [-0.15, -0.1) is 0 Å². The van der Waals surface area contributed by atoms with E-state index in [1.807, 2.05) is 104 Å². The third-order valence-electron chi connectivity index (χ3n) is 9.69. The van der Waals surface area contributed by atoms with Crippen molar-refractivity contribution in [1.82, 2.24) is 0 Å². The summed E-state index contributed by atoms with van der Waals surface area (Å²) in [5, 5.41) is 28.2. The highest BCUT2D eigenvalue weighted by molar-refractivity contribution is 6.52. The molecule has 4 N–H and O–H groups in total. The monoisotopic (exact) mass is 598 g/mol. The average Bonchev–Trinajstić information content (AvgIpc) is 3.08. The summed E-state index contributed by atoms with van der Waals surface area (Å²) in [7, 11) is 0. The topological polar surface area (TPSA) is 85.8 Å². The van der Waals surface area contributed by atoms with Gasteiger partial charge in [0.15, 0.2) is 5.66 Å². The number of nitrogens with zero attached hydrogens (tertiary/aromatic N) is 1. The Labute approximate surface area is 265 Å². The van der Waals surface area contributed by atoms with Gasteiger partial charge in [-0.3, -0.25) is 9.79 Å². The van der Waals surface area contributed by atoms with E-state index >= 15 is 0 Å². The molecule has 6 aromatic rings. The maximum atomic E-state index is 14.3. The van der Waals surface area contributed by atoms with Gasteiger partial charge in [-0.2, -0.15) is 0 Å². The number of allylic oxidation sites excluding steroid dienone is 2. The van der Waals surface area contributed by atoms with Gasteiger partial charge in [-0.05, 0) is 47.9 Å². The first-order valence-corrected chi connectivity index (χ1v) is 15.5. The molecule has 0 amide bonds. The van der Waals surface area contributed by atoms with Gasteiger partial charge in [0.25, 0.3) is 0 Å². The normalized spacial score (nSPS) is 22.4. The fraction of sp³-hybridized carbons (Fsp3) is 0.100. The Bertz CT molecular complexity index is 2450. The van der Waals surface area contributed by atoms with E-state index < -0.39 is 11.3 Å². The molecular formula is C40H30N4O2. The predicted octanol–water partition coefficient (Wildman–Crippen LogP) is 7.32. The molecule has 1 aliphatic carbocycles. The third-order valence-corrected chi connectivity index (χ3v) is 9.69. The van der Waals surface area contributed by atoms with Crippen molar-refractivity contribution in [2.24, 2.45) is 4.99 Å². The number of aliphatic hydroxyl groups is 1. The second kappa shape index (κ2) is 9.31. The van der Waals surface area contributed by atoms with Gasteiger partial charge in [0.05, 0.1) is 22.2 Å². The minimum atomic E-state index is -0.758. The van der Waals surface area contributed by atoms with E-state index in [-0.39, 0.29) is 11.5 Å². The zero-order chi connectivity index (χ0) is 31.2. The first-order chi connectivity index (χ1) is 22.3. The van der Waals surface area contributed by atoms with Crippen molar-refractivity contribution < 1.29 is 9.90 Å². The van der Waals surface area contributed by atoms with Gasteiger partial charge in [-0.25, -0.2) is 0 Å². The number of anilines is 3. The van der Waals surface area contributed by atoms with Crippen LogP contribution in [0.25, 0.3) is 32.7 Å². The summed E-state index contributed by atoms with van der Waals surface area (Å²) >= 11 is 0. The van der Waals surface area contributed by atoms with E-state index in [1.165, 1.54) is 0 Å². The number of carbonyl (C=O) groups excluding carboxylic acids is 1. The molecule has 6 nitrogen and oxygen atoms in total. The van der Waals surface area contributed by atoms with Crippen molar-refractivity contribution in [2.45, 2.75) is 25.2 Å². The predicted molar refractivity (Wildman–Crippen MR) is 185 cm³/mol. The smallest absolute Gasteiger partial charge is 0.201 e. The first-order valence-electron chi connectivity index (χ1n) is 15.5. The van der Waals surface area contributed by atoms with Gasteiger partial charge in [-0.1, -0.05) is 109 Å². The molecule has 0 saturated carbocycles. The Morgan fingerprint density at radius 1 is 0.609 bits per heavy atom. The van der Waals surface area contributed by atoms with Crippen LogP contribution in [-0.2, 0) is 16.1 Å². The van der Waals surface area contributed by atoms with Crippen molar-refractivity contribution >= 4 is 55.5 Å². The molecule has 2 unspecified atom stereocenters. The summed E-state index contributed by atoms with van der Waals surface area (Å²) in [6, 6.07) is 40.4. The number of rotatable bonds is 3. The number of hydrogen-bond donors (Lipinski definition) is 4. The van der Waals surface area contributed by atoms with Crippen LogP contribution in [0.5, 0.6) is 0 Å². The summed E-state index contributed by atoms with van der Waals surface area (Å²) in [5.74, 6) is -0.210. The van der Waals surface area contributed by atoms with Crippen molar-refractivity contribution in [3.05, 3.63) is 154 Å². The van der Waals surface area contributed by atoms with Crippen LogP contribution in [0.15, 0.2) is 132 Å². The molecule has 0 spiro atoms. The largest absolute Gasteiger partial charge is 0.506 e. The highest BCUT2D eigenvalue weighted by Crippen LogP contribution is 2.48. The summed E-state index contributed by atoms with van der Waals surface area (Å²) in [6.07, 6.45) is 0. The highest BCUT2D eigenvalue weighted by atomic mass is 16.3. The molecule has 0 fully saturated rings. The fourth-order valence-corrected chi connectivity index (χ4v) is 7.39. The molecule has 222 valence electrons. The number of hydrogen-bond acceptors (Lipinski definition) is 6. The Morgan fingerprint density at radius 2 is 1.24 bits per heavy atom. The van der Waals surface area contributed by atoms with Crippen LogP contribution in [0, 0.1) is 0 Å². The van der Waals surface area contributed by atoms with E-state index in [9.17, 15) is 9.90 Å². The number of aliphatic hydroxyl groups excluding tert-OH is 1. The molecule has 2 atom stereocenters. The van der Waals surface area contributed by atoms with Crippen molar-refractivity contribution in [2.75, 3.05) is 16.0 Å². The van der Waals surface area contributed by atoms with Gasteiger partial charge in [0, 0.05) is 32.9 Å². The van der Waals surface area contributed by atoms with E-state index in [4.69, 9.17) is 4.99 Å². The summed E-state index contributed by atoms with van der Waals surface area (Å²) < 4.78 is 0. The number of ketones is 1. The van der Waals surface area contributed by atoms with Crippen molar-refractivity contribution in [3.63, 3.8) is 0 Å². The van der Waals surface area contributed by atoms with Gasteiger partial charge in [0.2, 0.25) is 5.78 Å². The van der Waals surface area contributed by atoms with E-state index in [0.717, 1.165) is 49.7 Å². The number of carbonyl (C=O) groups is 1.